The first-order chi connectivity index (χ1) is 19.9. The van der Waals surface area contributed by atoms with E-state index in [1.807, 2.05) is 0 Å². The molecule has 1 nitrogen and oxygen atoms in total. The molecule has 0 atom stereocenters. The van der Waals surface area contributed by atoms with E-state index in [9.17, 15) is 0 Å². The topological polar surface area (TPSA) is 17.1 Å². The molecule has 0 N–H and O–H groups in total. The summed E-state index contributed by atoms with van der Waals surface area (Å²) >= 11 is 0. The van der Waals surface area contributed by atoms with Crippen molar-refractivity contribution < 1.29 is 24.3 Å². The van der Waals surface area contributed by atoms with Crippen LogP contribution in [0.2, 0.25) is 0 Å². The van der Waals surface area contributed by atoms with Gasteiger partial charge < -0.3 is 0 Å². The average molecular weight is 654 g/mol. The monoisotopic (exact) mass is 654 g/mol. The summed E-state index contributed by atoms with van der Waals surface area (Å²) in [4.78, 5) is 7.50. The van der Waals surface area contributed by atoms with Gasteiger partial charge in [-0.05, 0) is 47.7 Å². The van der Waals surface area contributed by atoms with Crippen LogP contribution in [-0.4, -0.2) is 6.79 Å². The minimum Gasteiger partial charge on any atom is -0.281 e. The number of carbonyl (C=O) groups excluding carboxylic acids is 1. The van der Waals surface area contributed by atoms with E-state index in [1.165, 1.54) is 31.8 Å². The van der Waals surface area contributed by atoms with Gasteiger partial charge in [0.2, 0.25) is 0 Å². The molecule has 0 amide bonds. The molecule has 6 aromatic carbocycles. The Morgan fingerprint density at radius 3 is 0.512 bits per heavy atom. The second-order valence-corrected chi connectivity index (χ2v) is 13.1. The van der Waals surface area contributed by atoms with Crippen LogP contribution in [0, 0.1) is 0 Å². The van der Waals surface area contributed by atoms with Crippen molar-refractivity contribution >= 4 is 54.5 Å². The molecule has 0 aliphatic rings. The summed E-state index contributed by atoms with van der Waals surface area (Å²) in [6.45, 7) is 4.50. The molecule has 0 spiro atoms. The van der Waals surface area contributed by atoms with Gasteiger partial charge in [0.15, 0.2) is 0 Å². The molecule has 0 saturated heterocycles. The van der Waals surface area contributed by atoms with Crippen LogP contribution in [0.3, 0.4) is 0 Å². The summed E-state index contributed by atoms with van der Waals surface area (Å²) in [5.41, 5.74) is 0. The quantitative estimate of drug-likeness (QED) is 0.149. The van der Waals surface area contributed by atoms with Gasteiger partial charge in [-0.2, -0.15) is 0 Å². The summed E-state index contributed by atoms with van der Waals surface area (Å²) in [6.07, 6.45) is 0. The van der Waals surface area contributed by atoms with Crippen LogP contribution < -0.4 is 31.8 Å². The van der Waals surface area contributed by atoms with Crippen molar-refractivity contribution in [1.82, 2.24) is 0 Å². The molecule has 6 aromatic rings. The molecule has 41 heavy (non-hydrogen) atoms. The van der Waals surface area contributed by atoms with E-state index in [-0.39, 0.29) is 19.5 Å². The molecule has 6 rings (SSSR count). The van der Waals surface area contributed by atoms with E-state index in [0.717, 1.165) is 0 Å². The first-order valence-electron chi connectivity index (χ1n) is 13.0. The second kappa shape index (κ2) is 18.0. The van der Waals surface area contributed by atoms with Crippen molar-refractivity contribution in [3.63, 3.8) is 0 Å². The standard InChI is InChI=1S/2C18H15P.CO.Ru/c2*1-4-10-16(11-5-1)19(17-12-6-2-7-13-17)18-14-8-3-9-15-18;1-2;/h2*1-15H;;. The minimum atomic E-state index is -0.446. The predicted molar refractivity (Wildman–Crippen MR) is 176 cm³/mol. The largest absolute Gasteiger partial charge is 0.281 e. The first kappa shape index (κ1) is 32.0. The summed E-state index contributed by atoms with van der Waals surface area (Å²) in [6, 6.07) is 64.7. The first-order valence-corrected chi connectivity index (χ1v) is 15.7. The molecule has 202 valence electrons. The van der Waals surface area contributed by atoms with Crippen LogP contribution in [0.4, 0.5) is 0 Å². The van der Waals surface area contributed by atoms with Gasteiger partial charge >= 0.3 is 0 Å². The molecule has 0 unspecified atom stereocenters. The molecular weight excluding hydrogens is 623 g/mol. The van der Waals surface area contributed by atoms with Crippen LogP contribution in [-0.2, 0) is 24.3 Å². The van der Waals surface area contributed by atoms with Crippen molar-refractivity contribution in [1.29, 1.82) is 0 Å². The summed E-state index contributed by atoms with van der Waals surface area (Å²) in [5, 5.41) is 8.39. The molecule has 0 fully saturated rings. The zero-order valence-electron chi connectivity index (χ0n) is 22.5. The van der Waals surface area contributed by atoms with Crippen molar-refractivity contribution in [2.75, 3.05) is 0 Å². The maximum atomic E-state index is 7.50. The zero-order chi connectivity index (χ0) is 27.8. The Labute approximate surface area is 259 Å². The molecule has 4 heteroatoms. The molecular formula is C37H30OP2Ru. The Bertz CT molecular complexity index is 1200. The molecule has 0 heterocycles. The molecule has 0 aliphatic heterocycles. The Kier molecular flexibility index (Phi) is 14.1. The van der Waals surface area contributed by atoms with Crippen LogP contribution in [0.25, 0.3) is 0 Å². The summed E-state index contributed by atoms with van der Waals surface area (Å²) in [5.74, 6) is 0. The summed E-state index contributed by atoms with van der Waals surface area (Å²) in [7, 11) is -0.892. The van der Waals surface area contributed by atoms with Gasteiger partial charge in [0.25, 0.3) is 6.79 Å². The number of rotatable bonds is 6. The van der Waals surface area contributed by atoms with Gasteiger partial charge in [0.05, 0.1) is 0 Å². The fraction of sp³-hybridized carbons (Fsp3) is 0. The maximum Gasteiger partial charge on any atom is 0.281 e. The van der Waals surface area contributed by atoms with Gasteiger partial charge in [0, 0.05) is 19.5 Å². The van der Waals surface area contributed by atoms with Gasteiger partial charge in [-0.15, -0.1) is 0 Å². The fourth-order valence-electron chi connectivity index (χ4n) is 4.36. The number of hydrogen-bond acceptors (Lipinski definition) is 1. The van der Waals surface area contributed by atoms with E-state index in [1.54, 1.807) is 0 Å². The van der Waals surface area contributed by atoms with Gasteiger partial charge in [-0.1, -0.05) is 182 Å². The number of benzene rings is 6. The Balaban J connectivity index is 0.000000208. The minimum absolute atomic E-state index is 0. The van der Waals surface area contributed by atoms with Crippen LogP contribution in [0.5, 0.6) is 0 Å². The van der Waals surface area contributed by atoms with Gasteiger partial charge in [-0.3, -0.25) is 4.79 Å². The third-order valence-electron chi connectivity index (χ3n) is 6.09. The van der Waals surface area contributed by atoms with Crippen molar-refractivity contribution in [2.45, 2.75) is 0 Å². The maximum absolute atomic E-state index is 7.50. The second-order valence-electron chi connectivity index (χ2n) is 8.68. The van der Waals surface area contributed by atoms with Crippen LogP contribution in [0.1, 0.15) is 0 Å². The van der Waals surface area contributed by atoms with E-state index in [0.29, 0.717) is 0 Å². The van der Waals surface area contributed by atoms with E-state index in [2.05, 4.69) is 189 Å². The normalized spacial score (nSPS) is 9.90. The predicted octanol–water partition coefficient (Wildman–Crippen LogP) is 6.49. The van der Waals surface area contributed by atoms with E-state index < -0.39 is 15.8 Å². The van der Waals surface area contributed by atoms with E-state index in [4.69, 9.17) is 4.79 Å². The number of hydrogen-bond donors (Lipinski definition) is 0. The summed E-state index contributed by atoms with van der Waals surface area (Å²) < 4.78 is 0. The van der Waals surface area contributed by atoms with Gasteiger partial charge in [-0.25, -0.2) is 0 Å². The smallest absolute Gasteiger partial charge is 0.281 e. The molecule has 2 radical (unpaired) electrons. The third-order valence-corrected chi connectivity index (χ3v) is 11.0. The molecule has 0 saturated carbocycles. The van der Waals surface area contributed by atoms with E-state index >= 15 is 0 Å². The van der Waals surface area contributed by atoms with Crippen molar-refractivity contribution in [2.24, 2.45) is 0 Å². The average Bonchev–Trinajstić information content (AvgIpc) is 3.06. The SMILES string of the molecule is [C]=O.[Ru].c1ccc(P(c2ccccc2)c2ccccc2)cc1.c1ccc(P(c2ccccc2)c2ccccc2)cc1. The fourth-order valence-corrected chi connectivity index (χ4v) is 8.97. The van der Waals surface area contributed by atoms with Gasteiger partial charge in [0.1, 0.15) is 0 Å². The van der Waals surface area contributed by atoms with Crippen LogP contribution in [0.15, 0.2) is 182 Å². The Morgan fingerprint density at radius 1 is 0.268 bits per heavy atom. The Hall–Kier alpha value is -3.53. The molecule has 0 aliphatic carbocycles. The van der Waals surface area contributed by atoms with Crippen molar-refractivity contribution in [3.8, 4) is 0 Å². The molecule has 0 bridgehead atoms. The zero-order valence-corrected chi connectivity index (χ0v) is 26.0. The molecule has 0 aromatic heterocycles. The Morgan fingerprint density at radius 2 is 0.390 bits per heavy atom. The third kappa shape index (κ3) is 9.24. The van der Waals surface area contributed by atoms with Crippen molar-refractivity contribution in [3.05, 3.63) is 182 Å². The van der Waals surface area contributed by atoms with Crippen LogP contribution >= 0.6 is 15.8 Å².